The van der Waals surface area contributed by atoms with Crippen LogP contribution in [0.25, 0.3) is 0 Å². The monoisotopic (exact) mass is 492 g/mol. The number of likely N-dealkylation sites (tertiary alicyclic amines) is 1. The first-order valence-corrected chi connectivity index (χ1v) is 14.1. The first-order chi connectivity index (χ1) is 17.2. The molecule has 6 heteroatoms. The van der Waals surface area contributed by atoms with Crippen molar-refractivity contribution in [3.8, 4) is 0 Å². The van der Waals surface area contributed by atoms with E-state index in [1.165, 1.54) is 43.4 Å². The molecule has 2 saturated heterocycles. The Kier molecular flexibility index (Phi) is 6.57. The molecule has 1 N–H and O–H groups in total. The van der Waals surface area contributed by atoms with Crippen LogP contribution in [-0.2, 0) is 16.6 Å². The fraction of sp³-hybridized carbons (Fsp3) is 0.621. The lowest BCUT2D eigenvalue weighted by atomic mass is 9.64. The van der Waals surface area contributed by atoms with E-state index in [0.29, 0.717) is 28.9 Å². The first-order valence-electron chi connectivity index (χ1n) is 13.7. The number of nitrogens with zero attached hydrogens (tertiary/aromatic N) is 3. The van der Waals surface area contributed by atoms with Crippen molar-refractivity contribution in [3.63, 3.8) is 0 Å². The quantitative estimate of drug-likeness (QED) is 0.592. The van der Waals surface area contributed by atoms with E-state index in [1.54, 1.807) is 0 Å². The van der Waals surface area contributed by atoms with Gasteiger partial charge in [-0.15, -0.1) is 0 Å². The molecule has 2 aromatic rings. The van der Waals surface area contributed by atoms with E-state index < -0.39 is 0 Å². The maximum absolute atomic E-state index is 14.5. The van der Waals surface area contributed by atoms with Crippen molar-refractivity contribution in [2.24, 2.45) is 11.8 Å². The molecule has 1 amide bonds. The van der Waals surface area contributed by atoms with Crippen molar-refractivity contribution >= 4 is 17.5 Å². The van der Waals surface area contributed by atoms with Crippen LogP contribution in [0.3, 0.4) is 0 Å². The number of pyridine rings is 2. The Morgan fingerprint density at radius 2 is 1.97 bits per heavy atom. The molecular formula is C29H37ClN4O. The molecule has 4 aliphatic rings. The fourth-order valence-corrected chi connectivity index (χ4v) is 7.94. The lowest BCUT2D eigenvalue weighted by Crippen LogP contribution is -2.55. The molecule has 4 atom stereocenters. The van der Waals surface area contributed by atoms with Crippen LogP contribution in [-0.4, -0.2) is 46.5 Å². The van der Waals surface area contributed by atoms with Crippen LogP contribution < -0.4 is 5.32 Å². The van der Waals surface area contributed by atoms with Crippen molar-refractivity contribution in [1.29, 1.82) is 0 Å². The molecular weight excluding hydrogens is 456 g/mol. The highest BCUT2D eigenvalue weighted by Crippen LogP contribution is 2.47. The number of piperidine rings is 1. The Bertz CT molecular complexity index is 1060. The topological polar surface area (TPSA) is 58.1 Å². The maximum Gasteiger partial charge on any atom is 0.228 e. The van der Waals surface area contributed by atoms with E-state index >= 15 is 0 Å². The van der Waals surface area contributed by atoms with Gasteiger partial charge in [-0.3, -0.25) is 9.78 Å². The minimum atomic E-state index is -0.156. The number of hydrogen-bond donors (Lipinski definition) is 1. The van der Waals surface area contributed by atoms with Crippen molar-refractivity contribution in [2.75, 3.05) is 19.6 Å². The molecule has 5 nitrogen and oxygen atoms in total. The highest BCUT2D eigenvalue weighted by molar-refractivity contribution is 6.29. The third-order valence-electron chi connectivity index (χ3n) is 9.50. The minimum absolute atomic E-state index is 0.0259. The number of nitrogens with one attached hydrogen (secondary N) is 1. The Morgan fingerprint density at radius 1 is 1.09 bits per heavy atom. The molecule has 4 heterocycles. The van der Waals surface area contributed by atoms with Crippen LogP contribution in [0.15, 0.2) is 36.5 Å². The van der Waals surface area contributed by atoms with E-state index in [2.05, 4.69) is 33.4 Å². The Balaban J connectivity index is 1.30. The van der Waals surface area contributed by atoms with Crippen molar-refractivity contribution in [2.45, 2.75) is 81.6 Å². The normalized spacial score (nSPS) is 31.5. The highest BCUT2D eigenvalue weighted by atomic mass is 35.5. The van der Waals surface area contributed by atoms with Crippen LogP contribution in [0.4, 0.5) is 0 Å². The molecule has 0 radical (unpaired) electrons. The second kappa shape index (κ2) is 9.82. The van der Waals surface area contributed by atoms with Gasteiger partial charge in [0.05, 0.1) is 5.92 Å². The number of rotatable bonds is 3. The zero-order valence-electron chi connectivity index (χ0n) is 20.6. The first kappa shape index (κ1) is 23.4. The summed E-state index contributed by atoms with van der Waals surface area (Å²) in [5, 5.41) is 4.18. The van der Waals surface area contributed by atoms with Gasteiger partial charge in [-0.25, -0.2) is 4.98 Å². The van der Waals surface area contributed by atoms with Crippen molar-refractivity contribution in [1.82, 2.24) is 20.2 Å². The van der Waals surface area contributed by atoms with E-state index in [-0.39, 0.29) is 11.3 Å². The maximum atomic E-state index is 14.5. The van der Waals surface area contributed by atoms with Crippen LogP contribution in [0.5, 0.6) is 0 Å². The summed E-state index contributed by atoms with van der Waals surface area (Å²) >= 11 is 6.25. The summed E-state index contributed by atoms with van der Waals surface area (Å²) < 4.78 is 0. The van der Waals surface area contributed by atoms with E-state index in [1.807, 2.05) is 18.3 Å². The second-order valence-electron chi connectivity index (χ2n) is 11.3. The van der Waals surface area contributed by atoms with Gasteiger partial charge in [0, 0.05) is 54.6 Å². The molecule has 35 heavy (non-hydrogen) atoms. The zero-order chi connectivity index (χ0) is 23.8. The van der Waals surface area contributed by atoms with Crippen molar-refractivity contribution < 1.29 is 4.79 Å². The fourth-order valence-electron chi connectivity index (χ4n) is 7.78. The molecule has 1 saturated carbocycles. The molecule has 2 aliphatic heterocycles. The standard InChI is InChI=1S/C29H37ClN4O/c30-27-12-11-22-25(33-27)10-6-14-29(22)19-31-18-23(29)28(35)34-16-13-21(24-9-4-5-15-32-24)17-26(34)20-7-2-1-3-8-20/h4-5,9,11-12,15,20-21,23,26,31H,1-3,6-8,10,13-14,16-19H2/t21?,23-,26?,29-/m0/s1. The molecule has 2 unspecified atom stereocenters. The van der Waals surface area contributed by atoms with Gasteiger partial charge in [0.1, 0.15) is 5.15 Å². The number of hydrogen-bond acceptors (Lipinski definition) is 4. The molecule has 0 aromatic carbocycles. The second-order valence-corrected chi connectivity index (χ2v) is 11.7. The smallest absolute Gasteiger partial charge is 0.228 e. The number of aromatic nitrogens is 2. The van der Waals surface area contributed by atoms with Crippen LogP contribution in [0.2, 0.25) is 5.15 Å². The number of aryl methyl sites for hydroxylation is 1. The summed E-state index contributed by atoms with van der Waals surface area (Å²) in [5.74, 6) is 1.41. The average Bonchev–Trinajstić information content (AvgIpc) is 3.32. The predicted octanol–water partition coefficient (Wildman–Crippen LogP) is 5.28. The number of fused-ring (bicyclic) bond motifs is 2. The van der Waals surface area contributed by atoms with Crippen molar-refractivity contribution in [3.05, 3.63) is 58.6 Å². The number of amides is 1. The summed E-state index contributed by atoms with van der Waals surface area (Å²) in [6.45, 7) is 2.47. The summed E-state index contributed by atoms with van der Waals surface area (Å²) in [6.07, 6.45) is 13.5. The molecule has 0 bridgehead atoms. The lowest BCUT2D eigenvalue weighted by Gasteiger charge is -2.47. The molecule has 3 fully saturated rings. The van der Waals surface area contributed by atoms with Gasteiger partial charge in [-0.2, -0.15) is 0 Å². The molecule has 2 aliphatic carbocycles. The summed E-state index contributed by atoms with van der Waals surface area (Å²) in [4.78, 5) is 26.2. The Hall–Kier alpha value is -1.98. The third-order valence-corrected chi connectivity index (χ3v) is 9.71. The number of carbonyl (C=O) groups excluding carboxylic acids is 1. The van der Waals surface area contributed by atoms with Gasteiger partial charge in [0.25, 0.3) is 0 Å². The third kappa shape index (κ3) is 4.29. The SMILES string of the molecule is O=C([C@@H]1CNC[C@]12CCCc1nc(Cl)ccc12)N1CCC(c2ccccn2)CC1C1CCCCC1. The van der Waals surface area contributed by atoms with Gasteiger partial charge in [-0.1, -0.05) is 43.0 Å². The summed E-state index contributed by atoms with van der Waals surface area (Å²) in [7, 11) is 0. The predicted molar refractivity (Wildman–Crippen MR) is 139 cm³/mol. The van der Waals surface area contributed by atoms with E-state index in [0.717, 1.165) is 57.4 Å². The van der Waals surface area contributed by atoms with Crippen LogP contribution >= 0.6 is 11.6 Å². The molecule has 186 valence electrons. The van der Waals surface area contributed by atoms with Gasteiger partial charge < -0.3 is 10.2 Å². The molecule has 1 spiro atoms. The number of carbonyl (C=O) groups is 1. The van der Waals surface area contributed by atoms with Crippen LogP contribution in [0.1, 0.15) is 80.7 Å². The van der Waals surface area contributed by atoms with Crippen LogP contribution in [0, 0.1) is 11.8 Å². The van der Waals surface area contributed by atoms with E-state index in [4.69, 9.17) is 16.6 Å². The van der Waals surface area contributed by atoms with Gasteiger partial charge in [0.2, 0.25) is 5.91 Å². The van der Waals surface area contributed by atoms with Gasteiger partial charge >= 0.3 is 0 Å². The Labute approximate surface area is 214 Å². The number of halogens is 1. The largest absolute Gasteiger partial charge is 0.339 e. The van der Waals surface area contributed by atoms with E-state index in [9.17, 15) is 4.79 Å². The lowest BCUT2D eigenvalue weighted by molar-refractivity contribution is -0.143. The average molecular weight is 493 g/mol. The Morgan fingerprint density at radius 3 is 2.80 bits per heavy atom. The summed E-state index contributed by atoms with van der Waals surface area (Å²) in [5.41, 5.74) is 3.40. The van der Waals surface area contributed by atoms with Gasteiger partial charge in [-0.05, 0) is 74.6 Å². The minimum Gasteiger partial charge on any atom is -0.339 e. The van der Waals surface area contributed by atoms with Gasteiger partial charge in [0.15, 0.2) is 0 Å². The highest BCUT2D eigenvalue weighted by Gasteiger charge is 2.52. The zero-order valence-corrected chi connectivity index (χ0v) is 21.3. The molecule has 6 rings (SSSR count). The molecule has 2 aromatic heterocycles. The summed E-state index contributed by atoms with van der Waals surface area (Å²) in [6, 6.07) is 10.7.